The number of benzene rings is 2. The van der Waals surface area contributed by atoms with E-state index in [-0.39, 0.29) is 17.8 Å². The second kappa shape index (κ2) is 10.3. The third-order valence-electron chi connectivity index (χ3n) is 6.80. The summed E-state index contributed by atoms with van der Waals surface area (Å²) >= 11 is 5.98. The molecule has 2 aromatic carbocycles. The van der Waals surface area contributed by atoms with E-state index in [0.29, 0.717) is 5.92 Å². The number of anilines is 1. The Bertz CT molecular complexity index is 943. The zero-order valence-corrected chi connectivity index (χ0v) is 19.1. The van der Waals surface area contributed by atoms with E-state index < -0.39 is 17.8 Å². The summed E-state index contributed by atoms with van der Waals surface area (Å²) in [6.45, 7) is 1.99. The highest BCUT2D eigenvalue weighted by Crippen LogP contribution is 2.32. The van der Waals surface area contributed by atoms with Crippen LogP contribution in [0.15, 0.2) is 48.5 Å². The molecular formula is C25H29ClF3N3O. The normalized spacial score (nSPS) is 22.3. The van der Waals surface area contributed by atoms with Gasteiger partial charge in [-0.25, -0.2) is 4.79 Å². The first-order valence-electron chi connectivity index (χ1n) is 11.5. The van der Waals surface area contributed by atoms with Gasteiger partial charge in [0.05, 0.1) is 5.56 Å². The molecular weight excluding hydrogens is 451 g/mol. The smallest absolute Gasteiger partial charge is 0.334 e. The van der Waals surface area contributed by atoms with Gasteiger partial charge in [0.15, 0.2) is 0 Å². The number of halogens is 4. The van der Waals surface area contributed by atoms with Crippen LogP contribution in [0.2, 0.25) is 5.02 Å². The van der Waals surface area contributed by atoms with Crippen LogP contribution >= 0.6 is 11.6 Å². The maximum absolute atomic E-state index is 12.9. The van der Waals surface area contributed by atoms with Crippen LogP contribution in [0.1, 0.15) is 43.2 Å². The zero-order chi connectivity index (χ0) is 23.4. The molecule has 1 saturated heterocycles. The Morgan fingerprint density at radius 2 is 1.76 bits per heavy atom. The molecule has 4 rings (SSSR count). The highest BCUT2D eigenvalue weighted by Gasteiger charge is 2.35. The third-order valence-corrected chi connectivity index (χ3v) is 7.05. The molecule has 2 N–H and O–H groups in total. The van der Waals surface area contributed by atoms with Crippen LogP contribution in [0.25, 0.3) is 0 Å². The van der Waals surface area contributed by atoms with E-state index >= 15 is 0 Å². The van der Waals surface area contributed by atoms with E-state index in [1.165, 1.54) is 17.7 Å². The summed E-state index contributed by atoms with van der Waals surface area (Å²) in [7, 11) is 0. The third kappa shape index (κ3) is 6.42. The van der Waals surface area contributed by atoms with Crippen LogP contribution in [-0.2, 0) is 12.6 Å². The Morgan fingerprint density at radius 1 is 1.03 bits per heavy atom. The van der Waals surface area contributed by atoms with Crippen molar-refractivity contribution in [3.8, 4) is 0 Å². The van der Waals surface area contributed by atoms with Gasteiger partial charge in [0.2, 0.25) is 0 Å². The number of likely N-dealkylation sites (tertiary alicyclic amines) is 1. The number of alkyl halides is 3. The van der Waals surface area contributed by atoms with Gasteiger partial charge < -0.3 is 10.6 Å². The molecule has 1 aliphatic carbocycles. The minimum absolute atomic E-state index is 0.00335. The lowest BCUT2D eigenvalue weighted by atomic mass is 9.89. The van der Waals surface area contributed by atoms with Crippen molar-refractivity contribution in [1.29, 1.82) is 0 Å². The number of carbonyl (C=O) groups excluding carboxylic acids is 1. The Morgan fingerprint density at radius 3 is 2.45 bits per heavy atom. The fourth-order valence-corrected chi connectivity index (χ4v) is 5.22. The summed E-state index contributed by atoms with van der Waals surface area (Å²) in [6.07, 6.45) is 1.78. The standard InChI is InChI=1S/C25H29ClF3N3O/c26-20-9-7-17(8-10-20)15-18-11-13-32(14-12-18)23-6-2-5-22(23)31-24(33)30-21-4-1-3-19(16-21)25(27,28)29/h1,3-4,7-10,16,18,22-23H,2,5-6,11-15H2,(H2,30,31,33). The van der Waals surface area contributed by atoms with E-state index in [1.54, 1.807) is 0 Å². The fourth-order valence-electron chi connectivity index (χ4n) is 5.10. The van der Waals surface area contributed by atoms with E-state index in [9.17, 15) is 18.0 Å². The highest BCUT2D eigenvalue weighted by molar-refractivity contribution is 6.30. The molecule has 1 saturated carbocycles. The molecule has 4 nitrogen and oxygen atoms in total. The quantitative estimate of drug-likeness (QED) is 0.524. The first-order valence-corrected chi connectivity index (χ1v) is 11.9. The molecule has 0 radical (unpaired) electrons. The molecule has 0 bridgehead atoms. The van der Waals surface area contributed by atoms with Gasteiger partial charge in [-0.3, -0.25) is 4.90 Å². The van der Waals surface area contributed by atoms with Crippen molar-refractivity contribution in [2.24, 2.45) is 5.92 Å². The van der Waals surface area contributed by atoms with Gasteiger partial charge in [-0.05, 0) is 93.4 Å². The first kappa shape index (κ1) is 23.9. The van der Waals surface area contributed by atoms with Crippen LogP contribution in [-0.4, -0.2) is 36.1 Å². The minimum atomic E-state index is -4.44. The molecule has 0 spiro atoms. The van der Waals surface area contributed by atoms with Crippen molar-refractivity contribution in [2.45, 2.75) is 56.8 Å². The van der Waals surface area contributed by atoms with Crippen LogP contribution in [0.5, 0.6) is 0 Å². The van der Waals surface area contributed by atoms with E-state index in [2.05, 4.69) is 27.7 Å². The molecule has 2 atom stereocenters. The zero-order valence-electron chi connectivity index (χ0n) is 18.4. The summed E-state index contributed by atoms with van der Waals surface area (Å²) in [5, 5.41) is 6.32. The Kier molecular flexibility index (Phi) is 7.49. The van der Waals surface area contributed by atoms with Gasteiger partial charge in [0.25, 0.3) is 0 Å². The number of hydrogen-bond acceptors (Lipinski definition) is 2. The highest BCUT2D eigenvalue weighted by atomic mass is 35.5. The first-order chi connectivity index (χ1) is 15.8. The number of urea groups is 1. The SMILES string of the molecule is O=C(Nc1cccc(C(F)(F)F)c1)NC1CCCC1N1CCC(Cc2ccc(Cl)cc2)CC1. The van der Waals surface area contributed by atoms with Gasteiger partial charge in [-0.1, -0.05) is 29.8 Å². The van der Waals surface area contributed by atoms with Gasteiger partial charge in [-0.15, -0.1) is 0 Å². The molecule has 2 aliphatic rings. The van der Waals surface area contributed by atoms with Gasteiger partial charge in [0, 0.05) is 22.8 Å². The Balaban J connectivity index is 1.28. The van der Waals surface area contributed by atoms with E-state index in [1.807, 2.05) is 12.1 Å². The maximum Gasteiger partial charge on any atom is 0.416 e. The molecule has 8 heteroatoms. The van der Waals surface area contributed by atoms with Gasteiger partial charge >= 0.3 is 12.2 Å². The average molecular weight is 480 g/mol. The van der Waals surface area contributed by atoms with Crippen LogP contribution in [0.3, 0.4) is 0 Å². The minimum Gasteiger partial charge on any atom is -0.334 e. The number of amides is 2. The van der Waals surface area contributed by atoms with Crippen molar-refractivity contribution in [2.75, 3.05) is 18.4 Å². The van der Waals surface area contributed by atoms with Crippen LogP contribution in [0.4, 0.5) is 23.7 Å². The predicted molar refractivity (Wildman–Crippen MR) is 124 cm³/mol. The second-order valence-corrected chi connectivity index (χ2v) is 9.53. The molecule has 2 aromatic rings. The van der Waals surface area contributed by atoms with Crippen LogP contribution < -0.4 is 10.6 Å². The van der Waals surface area contributed by atoms with Gasteiger partial charge in [-0.2, -0.15) is 13.2 Å². The monoisotopic (exact) mass is 479 g/mol. The summed E-state index contributed by atoms with van der Waals surface area (Å²) < 4.78 is 38.7. The van der Waals surface area contributed by atoms with Crippen molar-refractivity contribution < 1.29 is 18.0 Å². The number of nitrogens with one attached hydrogen (secondary N) is 2. The van der Waals surface area contributed by atoms with Crippen molar-refractivity contribution in [1.82, 2.24) is 10.2 Å². The Hall–Kier alpha value is -2.25. The molecule has 1 heterocycles. The van der Waals surface area contributed by atoms with Crippen molar-refractivity contribution in [3.63, 3.8) is 0 Å². The van der Waals surface area contributed by atoms with E-state index in [0.717, 1.165) is 68.8 Å². The number of nitrogens with zero attached hydrogens (tertiary/aromatic N) is 1. The largest absolute Gasteiger partial charge is 0.416 e. The molecule has 2 amide bonds. The van der Waals surface area contributed by atoms with Crippen molar-refractivity contribution in [3.05, 3.63) is 64.7 Å². The predicted octanol–water partition coefficient (Wildman–Crippen LogP) is 6.36. The summed E-state index contributed by atoms with van der Waals surface area (Å²) in [6, 6.07) is 12.6. The molecule has 2 fully saturated rings. The lowest BCUT2D eigenvalue weighted by Gasteiger charge is -2.38. The lowest BCUT2D eigenvalue weighted by Crippen LogP contribution is -2.52. The fraction of sp³-hybridized carbons (Fsp3) is 0.480. The second-order valence-electron chi connectivity index (χ2n) is 9.09. The average Bonchev–Trinajstić information content (AvgIpc) is 3.23. The summed E-state index contributed by atoms with van der Waals surface area (Å²) in [5.41, 5.74) is 0.671. The molecule has 33 heavy (non-hydrogen) atoms. The molecule has 2 unspecified atom stereocenters. The maximum atomic E-state index is 12.9. The molecule has 1 aliphatic heterocycles. The Labute approximate surface area is 197 Å². The molecule has 0 aromatic heterocycles. The number of rotatable bonds is 5. The van der Waals surface area contributed by atoms with Crippen LogP contribution in [0, 0.1) is 5.92 Å². The summed E-state index contributed by atoms with van der Waals surface area (Å²) in [4.78, 5) is 15.0. The number of piperidine rings is 1. The van der Waals surface area contributed by atoms with E-state index in [4.69, 9.17) is 11.6 Å². The van der Waals surface area contributed by atoms with Gasteiger partial charge in [0.1, 0.15) is 0 Å². The topological polar surface area (TPSA) is 44.4 Å². The lowest BCUT2D eigenvalue weighted by molar-refractivity contribution is -0.137. The summed E-state index contributed by atoms with van der Waals surface area (Å²) in [5.74, 6) is 0.638. The number of hydrogen-bond donors (Lipinski definition) is 2. The number of carbonyl (C=O) groups is 1. The molecule has 178 valence electrons. The van der Waals surface area contributed by atoms with Crippen molar-refractivity contribution >= 4 is 23.3 Å².